The van der Waals surface area contributed by atoms with Crippen molar-refractivity contribution in [3.63, 3.8) is 0 Å². The summed E-state index contributed by atoms with van der Waals surface area (Å²) in [6.45, 7) is 10.0. The van der Waals surface area contributed by atoms with Crippen LogP contribution in [0, 0.1) is 5.92 Å². The highest BCUT2D eigenvalue weighted by atomic mass is 16.5. The standard InChI is InChI=1S/C16H30N2O3/c1-4-16(5-2)13-18(9-11-21-16)15(19)14-6-7-17(12-14)8-10-20-3/h14H,4-13H2,1-3H3/t14-/m1/s1. The Labute approximate surface area is 128 Å². The number of amides is 1. The van der Waals surface area contributed by atoms with E-state index in [2.05, 4.69) is 18.7 Å². The molecule has 5 heteroatoms. The predicted molar refractivity (Wildman–Crippen MR) is 82.3 cm³/mol. The number of hydrogen-bond acceptors (Lipinski definition) is 4. The highest BCUT2D eigenvalue weighted by Crippen LogP contribution is 2.27. The van der Waals surface area contributed by atoms with Gasteiger partial charge in [-0.25, -0.2) is 0 Å². The first kappa shape index (κ1) is 16.7. The SMILES string of the molecule is CCC1(CC)CN(C(=O)[C@@H]2CCN(CCOC)C2)CCO1. The Bertz CT molecular complexity index is 344. The van der Waals surface area contributed by atoms with Gasteiger partial charge in [0, 0.05) is 33.3 Å². The van der Waals surface area contributed by atoms with Gasteiger partial charge >= 0.3 is 0 Å². The minimum Gasteiger partial charge on any atom is -0.383 e. The number of methoxy groups -OCH3 is 1. The van der Waals surface area contributed by atoms with Gasteiger partial charge in [-0.2, -0.15) is 0 Å². The minimum absolute atomic E-state index is 0.123. The lowest BCUT2D eigenvalue weighted by Crippen LogP contribution is -2.54. The van der Waals surface area contributed by atoms with Gasteiger partial charge in [0.25, 0.3) is 0 Å². The highest BCUT2D eigenvalue weighted by molar-refractivity contribution is 5.79. The molecule has 5 nitrogen and oxygen atoms in total. The van der Waals surface area contributed by atoms with Gasteiger partial charge in [-0.05, 0) is 25.8 Å². The first-order valence-corrected chi connectivity index (χ1v) is 8.28. The molecule has 0 aromatic heterocycles. The number of likely N-dealkylation sites (tertiary alicyclic amines) is 1. The van der Waals surface area contributed by atoms with Gasteiger partial charge in [0.05, 0.1) is 24.7 Å². The van der Waals surface area contributed by atoms with E-state index in [0.29, 0.717) is 12.5 Å². The second-order valence-corrected chi connectivity index (χ2v) is 6.28. The molecule has 2 saturated heterocycles. The van der Waals surface area contributed by atoms with Crippen molar-refractivity contribution in [1.82, 2.24) is 9.80 Å². The maximum absolute atomic E-state index is 12.8. The molecule has 0 saturated carbocycles. The molecular formula is C16H30N2O3. The first-order valence-electron chi connectivity index (χ1n) is 8.28. The fraction of sp³-hybridized carbons (Fsp3) is 0.938. The molecule has 0 bridgehead atoms. The summed E-state index contributed by atoms with van der Waals surface area (Å²) in [6, 6.07) is 0. The van der Waals surface area contributed by atoms with E-state index in [-0.39, 0.29) is 11.5 Å². The molecule has 21 heavy (non-hydrogen) atoms. The van der Waals surface area contributed by atoms with Crippen molar-refractivity contribution in [2.75, 3.05) is 53.0 Å². The van der Waals surface area contributed by atoms with E-state index in [1.807, 2.05) is 4.90 Å². The molecule has 2 aliphatic rings. The zero-order valence-electron chi connectivity index (χ0n) is 13.8. The summed E-state index contributed by atoms with van der Waals surface area (Å²) >= 11 is 0. The van der Waals surface area contributed by atoms with Gasteiger partial charge in [-0.3, -0.25) is 4.79 Å². The molecule has 122 valence electrons. The first-order chi connectivity index (χ1) is 10.1. The number of rotatable bonds is 6. The van der Waals surface area contributed by atoms with E-state index in [0.717, 1.165) is 58.6 Å². The van der Waals surface area contributed by atoms with Crippen molar-refractivity contribution in [2.45, 2.75) is 38.7 Å². The van der Waals surface area contributed by atoms with Crippen molar-refractivity contribution in [1.29, 1.82) is 0 Å². The van der Waals surface area contributed by atoms with Gasteiger partial charge < -0.3 is 19.3 Å². The van der Waals surface area contributed by atoms with Crippen molar-refractivity contribution < 1.29 is 14.3 Å². The van der Waals surface area contributed by atoms with E-state index in [1.54, 1.807) is 7.11 Å². The molecule has 0 N–H and O–H groups in total. The minimum atomic E-state index is -0.123. The molecule has 0 aliphatic carbocycles. The molecule has 0 unspecified atom stereocenters. The van der Waals surface area contributed by atoms with Gasteiger partial charge in [-0.15, -0.1) is 0 Å². The van der Waals surface area contributed by atoms with Crippen LogP contribution in [0.4, 0.5) is 0 Å². The topological polar surface area (TPSA) is 42.0 Å². The largest absolute Gasteiger partial charge is 0.383 e. The quantitative estimate of drug-likeness (QED) is 0.743. The summed E-state index contributed by atoms with van der Waals surface area (Å²) in [4.78, 5) is 17.1. The van der Waals surface area contributed by atoms with Crippen molar-refractivity contribution >= 4 is 5.91 Å². The smallest absolute Gasteiger partial charge is 0.227 e. The van der Waals surface area contributed by atoms with E-state index < -0.39 is 0 Å². The predicted octanol–water partition coefficient (Wildman–Crippen LogP) is 1.37. The molecule has 2 rings (SSSR count). The summed E-state index contributed by atoms with van der Waals surface area (Å²) in [7, 11) is 1.72. The Morgan fingerprint density at radius 2 is 2.10 bits per heavy atom. The molecular weight excluding hydrogens is 268 g/mol. The second kappa shape index (κ2) is 7.56. The van der Waals surface area contributed by atoms with Crippen LogP contribution in [0.5, 0.6) is 0 Å². The maximum Gasteiger partial charge on any atom is 0.227 e. The van der Waals surface area contributed by atoms with E-state index >= 15 is 0 Å². The molecule has 0 radical (unpaired) electrons. The van der Waals surface area contributed by atoms with Gasteiger partial charge in [-0.1, -0.05) is 13.8 Å². The monoisotopic (exact) mass is 298 g/mol. The zero-order chi connectivity index (χ0) is 15.3. The van der Waals surface area contributed by atoms with Crippen LogP contribution in [0.3, 0.4) is 0 Å². The van der Waals surface area contributed by atoms with Crippen LogP contribution in [0.15, 0.2) is 0 Å². The van der Waals surface area contributed by atoms with Crippen LogP contribution >= 0.6 is 0 Å². The van der Waals surface area contributed by atoms with Crippen LogP contribution in [0.1, 0.15) is 33.1 Å². The molecule has 2 fully saturated rings. The second-order valence-electron chi connectivity index (χ2n) is 6.28. The lowest BCUT2D eigenvalue weighted by molar-refractivity contribution is -0.155. The molecule has 0 spiro atoms. The molecule has 1 amide bonds. The summed E-state index contributed by atoms with van der Waals surface area (Å²) in [5, 5.41) is 0. The van der Waals surface area contributed by atoms with Gasteiger partial charge in [0.2, 0.25) is 5.91 Å². The molecule has 2 heterocycles. The number of ether oxygens (including phenoxy) is 2. The number of carbonyl (C=O) groups is 1. The normalized spacial score (nSPS) is 26.2. The fourth-order valence-electron chi connectivity index (χ4n) is 3.43. The van der Waals surface area contributed by atoms with E-state index in [4.69, 9.17) is 9.47 Å². The summed E-state index contributed by atoms with van der Waals surface area (Å²) < 4.78 is 11.1. The number of hydrogen-bond donors (Lipinski definition) is 0. The number of carbonyl (C=O) groups excluding carboxylic acids is 1. The Morgan fingerprint density at radius 1 is 1.33 bits per heavy atom. The van der Waals surface area contributed by atoms with Crippen LogP contribution in [0.25, 0.3) is 0 Å². The van der Waals surface area contributed by atoms with E-state index in [9.17, 15) is 4.79 Å². The van der Waals surface area contributed by atoms with Crippen LogP contribution in [0.2, 0.25) is 0 Å². The van der Waals surface area contributed by atoms with Crippen LogP contribution in [-0.4, -0.2) is 74.4 Å². The van der Waals surface area contributed by atoms with Crippen molar-refractivity contribution in [3.8, 4) is 0 Å². The Balaban J connectivity index is 1.88. The van der Waals surface area contributed by atoms with Gasteiger partial charge in [0.15, 0.2) is 0 Å². The molecule has 0 aromatic carbocycles. The lowest BCUT2D eigenvalue weighted by Gasteiger charge is -2.42. The Hall–Kier alpha value is -0.650. The van der Waals surface area contributed by atoms with E-state index in [1.165, 1.54) is 0 Å². The number of nitrogens with zero attached hydrogens (tertiary/aromatic N) is 2. The Kier molecular flexibility index (Phi) is 6.02. The van der Waals surface area contributed by atoms with Crippen molar-refractivity contribution in [2.24, 2.45) is 5.92 Å². The molecule has 2 aliphatic heterocycles. The fourth-order valence-corrected chi connectivity index (χ4v) is 3.43. The third-order valence-electron chi connectivity index (χ3n) is 5.08. The van der Waals surface area contributed by atoms with Crippen LogP contribution in [-0.2, 0) is 14.3 Å². The molecule has 0 aromatic rings. The summed E-state index contributed by atoms with van der Waals surface area (Å²) in [5.41, 5.74) is -0.123. The average molecular weight is 298 g/mol. The van der Waals surface area contributed by atoms with Crippen LogP contribution < -0.4 is 0 Å². The number of morpholine rings is 1. The average Bonchev–Trinajstić information content (AvgIpc) is 3.01. The maximum atomic E-state index is 12.8. The zero-order valence-corrected chi connectivity index (χ0v) is 13.8. The molecule has 1 atom stereocenters. The highest BCUT2D eigenvalue weighted by Gasteiger charge is 2.38. The summed E-state index contributed by atoms with van der Waals surface area (Å²) in [6.07, 6.45) is 2.92. The third kappa shape index (κ3) is 3.96. The Morgan fingerprint density at radius 3 is 2.76 bits per heavy atom. The third-order valence-corrected chi connectivity index (χ3v) is 5.08. The lowest BCUT2D eigenvalue weighted by atomic mass is 9.94. The van der Waals surface area contributed by atoms with Gasteiger partial charge in [0.1, 0.15) is 0 Å². The summed E-state index contributed by atoms with van der Waals surface area (Å²) in [5.74, 6) is 0.482. The van der Waals surface area contributed by atoms with Crippen molar-refractivity contribution in [3.05, 3.63) is 0 Å².